The lowest BCUT2D eigenvalue weighted by Gasteiger charge is -2.10. The quantitative estimate of drug-likeness (QED) is 0.834. The largest absolute Gasteiger partial charge is 0.368 e. The lowest BCUT2D eigenvalue weighted by molar-refractivity contribution is 0.884. The third-order valence-electron chi connectivity index (χ3n) is 2.63. The van der Waals surface area contributed by atoms with Crippen LogP contribution < -0.4 is 10.6 Å². The highest BCUT2D eigenvalue weighted by atomic mass is 15.1. The Bertz CT molecular complexity index is 497. The van der Waals surface area contributed by atoms with Crippen LogP contribution in [0.4, 0.5) is 11.8 Å². The van der Waals surface area contributed by atoms with Crippen molar-refractivity contribution >= 4 is 11.8 Å². The lowest BCUT2D eigenvalue weighted by Crippen LogP contribution is -2.13. The molecule has 0 bridgehead atoms. The Balaban J connectivity index is 1.86. The van der Waals surface area contributed by atoms with Gasteiger partial charge in [-0.2, -0.15) is 4.98 Å². The van der Waals surface area contributed by atoms with Crippen molar-refractivity contribution in [3.8, 4) is 0 Å². The van der Waals surface area contributed by atoms with E-state index < -0.39 is 0 Å². The van der Waals surface area contributed by atoms with Crippen molar-refractivity contribution in [1.29, 1.82) is 0 Å². The van der Waals surface area contributed by atoms with Crippen molar-refractivity contribution in [2.45, 2.75) is 26.3 Å². The van der Waals surface area contributed by atoms with Crippen LogP contribution >= 0.6 is 0 Å². The summed E-state index contributed by atoms with van der Waals surface area (Å²) < 4.78 is 0. The SMILES string of the molecule is CC(C)Nc1ccnc(NCCc2ccccc2)n1. The van der Waals surface area contributed by atoms with Crippen molar-refractivity contribution in [1.82, 2.24) is 9.97 Å². The van der Waals surface area contributed by atoms with Gasteiger partial charge in [-0.05, 0) is 31.9 Å². The molecular weight excluding hydrogens is 236 g/mol. The minimum Gasteiger partial charge on any atom is -0.368 e. The van der Waals surface area contributed by atoms with Gasteiger partial charge in [-0.3, -0.25) is 0 Å². The smallest absolute Gasteiger partial charge is 0.224 e. The molecule has 0 saturated heterocycles. The fourth-order valence-electron chi connectivity index (χ4n) is 1.78. The molecule has 0 atom stereocenters. The zero-order chi connectivity index (χ0) is 13.5. The molecule has 2 N–H and O–H groups in total. The van der Waals surface area contributed by atoms with E-state index in [0.717, 1.165) is 18.8 Å². The van der Waals surface area contributed by atoms with E-state index in [1.807, 2.05) is 12.1 Å². The van der Waals surface area contributed by atoms with Crippen LogP contribution in [0.25, 0.3) is 0 Å². The summed E-state index contributed by atoms with van der Waals surface area (Å²) in [6.07, 6.45) is 2.73. The third-order valence-corrected chi connectivity index (χ3v) is 2.63. The highest BCUT2D eigenvalue weighted by Gasteiger charge is 2.00. The Labute approximate surface area is 114 Å². The average molecular weight is 256 g/mol. The van der Waals surface area contributed by atoms with Gasteiger partial charge in [0.05, 0.1) is 0 Å². The summed E-state index contributed by atoms with van der Waals surface area (Å²) in [5.41, 5.74) is 1.31. The van der Waals surface area contributed by atoms with Gasteiger partial charge in [-0.25, -0.2) is 4.98 Å². The summed E-state index contributed by atoms with van der Waals surface area (Å²) in [6, 6.07) is 12.6. The second kappa shape index (κ2) is 6.73. The first-order chi connectivity index (χ1) is 9.24. The van der Waals surface area contributed by atoms with Crippen LogP contribution in [0.15, 0.2) is 42.6 Å². The summed E-state index contributed by atoms with van der Waals surface area (Å²) in [5.74, 6) is 1.52. The van der Waals surface area contributed by atoms with Gasteiger partial charge in [-0.1, -0.05) is 30.3 Å². The van der Waals surface area contributed by atoms with Gasteiger partial charge in [0.1, 0.15) is 5.82 Å². The molecule has 0 unspecified atom stereocenters. The van der Waals surface area contributed by atoms with E-state index >= 15 is 0 Å². The van der Waals surface area contributed by atoms with Crippen LogP contribution in [0.1, 0.15) is 19.4 Å². The first-order valence-corrected chi connectivity index (χ1v) is 6.61. The highest BCUT2D eigenvalue weighted by Crippen LogP contribution is 2.07. The molecule has 1 aromatic heterocycles. The molecule has 0 amide bonds. The van der Waals surface area contributed by atoms with Crippen LogP contribution in [0.3, 0.4) is 0 Å². The minimum atomic E-state index is 0.368. The fraction of sp³-hybridized carbons (Fsp3) is 0.333. The molecule has 2 rings (SSSR count). The second-order valence-corrected chi connectivity index (χ2v) is 4.73. The molecule has 0 fully saturated rings. The molecule has 4 nitrogen and oxygen atoms in total. The molecule has 19 heavy (non-hydrogen) atoms. The van der Waals surface area contributed by atoms with E-state index in [1.54, 1.807) is 6.20 Å². The van der Waals surface area contributed by atoms with Crippen LogP contribution in [0.5, 0.6) is 0 Å². The first kappa shape index (κ1) is 13.3. The van der Waals surface area contributed by atoms with Gasteiger partial charge in [0.25, 0.3) is 0 Å². The van der Waals surface area contributed by atoms with Crippen molar-refractivity contribution in [3.63, 3.8) is 0 Å². The fourth-order valence-corrected chi connectivity index (χ4v) is 1.78. The Morgan fingerprint density at radius 1 is 1.11 bits per heavy atom. The van der Waals surface area contributed by atoms with Crippen molar-refractivity contribution < 1.29 is 0 Å². The number of rotatable bonds is 6. The third kappa shape index (κ3) is 4.58. The predicted molar refractivity (Wildman–Crippen MR) is 79.4 cm³/mol. The van der Waals surface area contributed by atoms with Gasteiger partial charge in [0.15, 0.2) is 0 Å². The average Bonchev–Trinajstić information content (AvgIpc) is 2.40. The predicted octanol–water partition coefficient (Wildman–Crippen LogP) is 2.95. The molecule has 1 heterocycles. The summed E-state index contributed by atoms with van der Waals surface area (Å²) >= 11 is 0. The standard InChI is InChI=1S/C15H20N4/c1-12(2)18-14-9-11-17-15(19-14)16-10-8-13-6-4-3-5-7-13/h3-7,9,11-12H,8,10H2,1-2H3,(H2,16,17,18,19). The van der Waals surface area contributed by atoms with E-state index in [4.69, 9.17) is 0 Å². The molecule has 0 saturated carbocycles. The highest BCUT2D eigenvalue weighted by molar-refractivity contribution is 5.40. The molecule has 0 radical (unpaired) electrons. The van der Waals surface area contributed by atoms with Gasteiger partial charge in [-0.15, -0.1) is 0 Å². The van der Waals surface area contributed by atoms with Crippen molar-refractivity contribution in [2.24, 2.45) is 0 Å². The number of aromatic nitrogens is 2. The Morgan fingerprint density at radius 2 is 1.89 bits per heavy atom. The monoisotopic (exact) mass is 256 g/mol. The zero-order valence-electron chi connectivity index (χ0n) is 11.4. The number of nitrogens with one attached hydrogen (secondary N) is 2. The molecule has 100 valence electrons. The Hall–Kier alpha value is -2.10. The molecule has 0 aliphatic carbocycles. The number of anilines is 2. The van der Waals surface area contributed by atoms with Crippen LogP contribution in [-0.4, -0.2) is 22.6 Å². The van der Waals surface area contributed by atoms with Gasteiger partial charge in [0, 0.05) is 18.8 Å². The minimum absolute atomic E-state index is 0.368. The maximum absolute atomic E-state index is 4.41. The second-order valence-electron chi connectivity index (χ2n) is 4.73. The van der Waals surface area contributed by atoms with Gasteiger partial charge < -0.3 is 10.6 Å². The van der Waals surface area contributed by atoms with E-state index in [-0.39, 0.29) is 0 Å². The summed E-state index contributed by atoms with van der Waals surface area (Å²) in [5, 5.41) is 6.51. The maximum atomic E-state index is 4.41. The van der Waals surface area contributed by atoms with Gasteiger partial charge >= 0.3 is 0 Å². The van der Waals surface area contributed by atoms with E-state index in [1.165, 1.54) is 5.56 Å². The normalized spacial score (nSPS) is 10.5. The van der Waals surface area contributed by atoms with E-state index in [0.29, 0.717) is 12.0 Å². The Kier molecular flexibility index (Phi) is 4.72. The lowest BCUT2D eigenvalue weighted by atomic mass is 10.1. The number of hydrogen-bond donors (Lipinski definition) is 2. The summed E-state index contributed by atoms with van der Waals surface area (Å²) in [7, 11) is 0. The molecular formula is C15H20N4. The molecule has 0 aliphatic rings. The van der Waals surface area contributed by atoms with Crippen LogP contribution in [0, 0.1) is 0 Å². The van der Waals surface area contributed by atoms with Crippen LogP contribution in [0.2, 0.25) is 0 Å². The molecule has 0 aliphatic heterocycles. The summed E-state index contributed by atoms with van der Waals surface area (Å²) in [6.45, 7) is 5.00. The first-order valence-electron chi connectivity index (χ1n) is 6.61. The Morgan fingerprint density at radius 3 is 2.63 bits per heavy atom. The number of benzene rings is 1. The molecule has 0 spiro atoms. The summed E-state index contributed by atoms with van der Waals surface area (Å²) in [4.78, 5) is 8.63. The van der Waals surface area contributed by atoms with E-state index in [2.05, 4.69) is 58.7 Å². The van der Waals surface area contributed by atoms with E-state index in [9.17, 15) is 0 Å². The number of nitrogens with zero attached hydrogens (tertiary/aromatic N) is 2. The zero-order valence-corrected chi connectivity index (χ0v) is 11.4. The van der Waals surface area contributed by atoms with Crippen molar-refractivity contribution in [3.05, 3.63) is 48.2 Å². The maximum Gasteiger partial charge on any atom is 0.224 e. The van der Waals surface area contributed by atoms with Crippen molar-refractivity contribution in [2.75, 3.05) is 17.2 Å². The van der Waals surface area contributed by atoms with Gasteiger partial charge in [0.2, 0.25) is 5.95 Å². The molecule has 1 aromatic carbocycles. The topological polar surface area (TPSA) is 49.8 Å². The molecule has 4 heteroatoms. The molecule has 2 aromatic rings. The van der Waals surface area contributed by atoms with Crippen LogP contribution in [-0.2, 0) is 6.42 Å². The number of hydrogen-bond acceptors (Lipinski definition) is 4.